The molecule has 17 heavy (non-hydrogen) atoms. The molecule has 0 aromatic rings. The van der Waals surface area contributed by atoms with Crippen LogP contribution in [0.15, 0.2) is 0 Å². The minimum Gasteiger partial charge on any atom is -0.481 e. The van der Waals surface area contributed by atoms with Crippen LogP contribution in [0.1, 0.15) is 52.4 Å². The summed E-state index contributed by atoms with van der Waals surface area (Å²) in [5.41, 5.74) is 0. The second-order valence-electron chi connectivity index (χ2n) is 5.41. The van der Waals surface area contributed by atoms with Crippen molar-refractivity contribution in [1.82, 2.24) is 5.32 Å². The number of aliphatic carboxylic acids is 1. The van der Waals surface area contributed by atoms with Crippen molar-refractivity contribution in [2.24, 2.45) is 11.8 Å². The summed E-state index contributed by atoms with van der Waals surface area (Å²) < 4.78 is 0. The fourth-order valence-electron chi connectivity index (χ4n) is 2.65. The number of nitrogens with one attached hydrogen (secondary N) is 1. The Morgan fingerprint density at radius 1 is 1.41 bits per heavy atom. The molecule has 0 radical (unpaired) electrons. The van der Waals surface area contributed by atoms with Crippen molar-refractivity contribution in [3.05, 3.63) is 0 Å². The highest BCUT2D eigenvalue weighted by atomic mass is 16.4. The molecule has 0 aliphatic heterocycles. The molecule has 3 unspecified atom stereocenters. The average Bonchev–Trinajstić information content (AvgIpc) is 2.14. The van der Waals surface area contributed by atoms with Gasteiger partial charge in [-0.2, -0.15) is 0 Å². The highest BCUT2D eigenvalue weighted by Crippen LogP contribution is 2.30. The van der Waals surface area contributed by atoms with E-state index in [-0.39, 0.29) is 18.4 Å². The lowest BCUT2D eigenvalue weighted by atomic mass is 9.81. The van der Waals surface area contributed by atoms with Crippen molar-refractivity contribution in [1.29, 1.82) is 0 Å². The maximum absolute atomic E-state index is 11.7. The van der Waals surface area contributed by atoms with Gasteiger partial charge in [0.05, 0.1) is 6.42 Å². The SMILES string of the molecule is CC1CCCC(CC(=O)NC(C)CC(=O)O)C1. The molecule has 3 atom stereocenters. The third kappa shape index (κ3) is 5.71. The van der Waals surface area contributed by atoms with Crippen LogP contribution in [0.4, 0.5) is 0 Å². The first-order valence-electron chi connectivity index (χ1n) is 6.48. The largest absolute Gasteiger partial charge is 0.481 e. The fraction of sp³-hybridized carbons (Fsp3) is 0.846. The highest BCUT2D eigenvalue weighted by molar-refractivity contribution is 5.77. The molecule has 0 aromatic carbocycles. The van der Waals surface area contributed by atoms with Crippen molar-refractivity contribution in [2.75, 3.05) is 0 Å². The van der Waals surface area contributed by atoms with E-state index in [4.69, 9.17) is 5.11 Å². The molecule has 1 aliphatic carbocycles. The van der Waals surface area contributed by atoms with Crippen molar-refractivity contribution in [3.8, 4) is 0 Å². The standard InChI is InChI=1S/C13H23NO3/c1-9-4-3-5-11(6-9)8-12(15)14-10(2)7-13(16)17/h9-11H,3-8H2,1-2H3,(H,14,15)(H,16,17). The van der Waals surface area contributed by atoms with Gasteiger partial charge < -0.3 is 10.4 Å². The van der Waals surface area contributed by atoms with E-state index in [2.05, 4.69) is 12.2 Å². The van der Waals surface area contributed by atoms with E-state index in [1.165, 1.54) is 12.8 Å². The van der Waals surface area contributed by atoms with Crippen LogP contribution in [0.25, 0.3) is 0 Å². The van der Waals surface area contributed by atoms with E-state index >= 15 is 0 Å². The molecule has 1 rings (SSSR count). The van der Waals surface area contributed by atoms with Crippen molar-refractivity contribution in [3.63, 3.8) is 0 Å². The first kappa shape index (κ1) is 14.0. The number of carboxylic acids is 1. The summed E-state index contributed by atoms with van der Waals surface area (Å²) in [6.07, 6.45) is 5.28. The maximum atomic E-state index is 11.7. The van der Waals surface area contributed by atoms with Crippen LogP contribution in [-0.4, -0.2) is 23.0 Å². The Morgan fingerprint density at radius 3 is 2.71 bits per heavy atom. The smallest absolute Gasteiger partial charge is 0.305 e. The minimum absolute atomic E-state index is 0.00199. The topological polar surface area (TPSA) is 66.4 Å². The third-order valence-corrected chi connectivity index (χ3v) is 3.41. The van der Waals surface area contributed by atoms with Crippen LogP contribution in [0.3, 0.4) is 0 Å². The van der Waals surface area contributed by atoms with Gasteiger partial charge in [-0.05, 0) is 31.6 Å². The zero-order valence-electron chi connectivity index (χ0n) is 10.7. The molecule has 0 bridgehead atoms. The van der Waals surface area contributed by atoms with E-state index in [0.717, 1.165) is 18.8 Å². The van der Waals surface area contributed by atoms with Gasteiger partial charge in [0.15, 0.2) is 0 Å². The Kier molecular flexibility index (Phi) is 5.45. The van der Waals surface area contributed by atoms with E-state index in [0.29, 0.717) is 12.3 Å². The number of carbonyl (C=O) groups excluding carboxylic acids is 1. The highest BCUT2D eigenvalue weighted by Gasteiger charge is 2.22. The summed E-state index contributed by atoms with van der Waals surface area (Å²) in [6.45, 7) is 3.96. The molecule has 1 saturated carbocycles. The molecule has 0 spiro atoms. The van der Waals surface area contributed by atoms with Gasteiger partial charge in [-0.15, -0.1) is 0 Å². The molecule has 4 nitrogen and oxygen atoms in total. The summed E-state index contributed by atoms with van der Waals surface area (Å²) in [4.78, 5) is 22.2. The van der Waals surface area contributed by atoms with Crippen LogP contribution in [0.2, 0.25) is 0 Å². The summed E-state index contributed by atoms with van der Waals surface area (Å²) in [7, 11) is 0. The Balaban J connectivity index is 2.26. The molecule has 1 aliphatic rings. The quantitative estimate of drug-likeness (QED) is 0.775. The van der Waals surface area contributed by atoms with Crippen molar-refractivity contribution in [2.45, 2.75) is 58.4 Å². The molecule has 1 amide bonds. The summed E-state index contributed by atoms with van der Waals surface area (Å²) in [5, 5.41) is 11.4. The van der Waals surface area contributed by atoms with Crippen molar-refractivity contribution < 1.29 is 14.7 Å². The van der Waals surface area contributed by atoms with Gasteiger partial charge in [0, 0.05) is 12.5 Å². The second kappa shape index (κ2) is 6.62. The lowest BCUT2D eigenvalue weighted by Gasteiger charge is -2.26. The number of amides is 1. The first-order valence-corrected chi connectivity index (χ1v) is 6.48. The Hall–Kier alpha value is -1.06. The Bertz CT molecular complexity index is 278. The maximum Gasteiger partial charge on any atom is 0.305 e. The lowest BCUT2D eigenvalue weighted by molar-refractivity contribution is -0.137. The number of rotatable bonds is 5. The van der Waals surface area contributed by atoms with E-state index in [1.807, 2.05) is 0 Å². The summed E-state index contributed by atoms with van der Waals surface area (Å²) in [6, 6.07) is -0.277. The van der Waals surface area contributed by atoms with Gasteiger partial charge >= 0.3 is 5.97 Å². The predicted octanol–water partition coefficient (Wildman–Crippen LogP) is 2.18. The number of carbonyl (C=O) groups is 2. The Labute approximate surface area is 103 Å². The van der Waals surface area contributed by atoms with Crippen LogP contribution in [0.5, 0.6) is 0 Å². The monoisotopic (exact) mass is 241 g/mol. The van der Waals surface area contributed by atoms with Crippen LogP contribution < -0.4 is 5.32 Å². The summed E-state index contributed by atoms with van der Waals surface area (Å²) in [5.74, 6) is 0.329. The van der Waals surface area contributed by atoms with Gasteiger partial charge in [-0.1, -0.05) is 19.8 Å². The molecule has 2 N–H and O–H groups in total. The molecule has 4 heteroatoms. The van der Waals surface area contributed by atoms with E-state index in [1.54, 1.807) is 6.92 Å². The molecule has 1 fully saturated rings. The van der Waals surface area contributed by atoms with Crippen LogP contribution >= 0.6 is 0 Å². The van der Waals surface area contributed by atoms with Gasteiger partial charge in [0.1, 0.15) is 0 Å². The normalized spacial score (nSPS) is 26.2. The lowest BCUT2D eigenvalue weighted by Crippen LogP contribution is -2.35. The molecule has 0 aromatic heterocycles. The number of carboxylic acid groups (broad SMARTS) is 1. The average molecular weight is 241 g/mol. The fourth-order valence-corrected chi connectivity index (χ4v) is 2.65. The zero-order chi connectivity index (χ0) is 12.8. The number of hydrogen-bond acceptors (Lipinski definition) is 2. The molecular weight excluding hydrogens is 218 g/mol. The van der Waals surface area contributed by atoms with E-state index in [9.17, 15) is 9.59 Å². The Morgan fingerprint density at radius 2 is 2.12 bits per heavy atom. The predicted molar refractivity (Wildman–Crippen MR) is 65.6 cm³/mol. The molecule has 0 heterocycles. The van der Waals surface area contributed by atoms with Crippen LogP contribution in [-0.2, 0) is 9.59 Å². The first-order chi connectivity index (χ1) is 7.97. The van der Waals surface area contributed by atoms with Gasteiger partial charge in [0.25, 0.3) is 0 Å². The molecule has 0 saturated heterocycles. The second-order valence-corrected chi connectivity index (χ2v) is 5.41. The van der Waals surface area contributed by atoms with Gasteiger partial charge in [-0.3, -0.25) is 9.59 Å². The zero-order valence-corrected chi connectivity index (χ0v) is 10.7. The minimum atomic E-state index is -0.871. The van der Waals surface area contributed by atoms with Gasteiger partial charge in [0.2, 0.25) is 5.91 Å². The molecular formula is C13H23NO3. The van der Waals surface area contributed by atoms with E-state index < -0.39 is 5.97 Å². The summed E-state index contributed by atoms with van der Waals surface area (Å²) >= 11 is 0. The van der Waals surface area contributed by atoms with Crippen molar-refractivity contribution >= 4 is 11.9 Å². The van der Waals surface area contributed by atoms with Crippen LogP contribution in [0, 0.1) is 11.8 Å². The number of hydrogen-bond donors (Lipinski definition) is 2. The molecule has 98 valence electrons. The van der Waals surface area contributed by atoms with Gasteiger partial charge in [-0.25, -0.2) is 0 Å². The third-order valence-electron chi connectivity index (χ3n) is 3.41.